The number of aryl methyl sites for hydroxylation is 2. The van der Waals surface area contributed by atoms with Gasteiger partial charge in [-0.05, 0) is 20.3 Å². The van der Waals surface area contributed by atoms with Crippen molar-refractivity contribution in [3.8, 4) is 11.6 Å². The number of hydrogen-bond acceptors (Lipinski definition) is 5. The van der Waals surface area contributed by atoms with Gasteiger partial charge in [-0.3, -0.25) is 4.68 Å². The molecule has 0 aliphatic rings. The molecular weight excluding hydrogens is 242 g/mol. The Hall–Kier alpha value is -2.11. The maximum Gasteiger partial charge on any atom is 0.224 e. The summed E-state index contributed by atoms with van der Waals surface area (Å²) < 4.78 is 7.55. The molecule has 0 aromatic carbocycles. The molecular formula is C13H19N5O. The Balaban J connectivity index is 2.12. The number of nitrogens with one attached hydrogen (secondary N) is 1. The standard InChI is InChI=1S/C13H19N5O/c1-4-6-18-9-11(8-15-18)19-13-7-12(14-5-2)16-10(3)17-13/h7-9H,4-6H2,1-3H3,(H,14,16,17). The van der Waals surface area contributed by atoms with Gasteiger partial charge < -0.3 is 10.1 Å². The fourth-order valence-electron chi connectivity index (χ4n) is 1.73. The normalized spacial score (nSPS) is 10.5. The molecule has 0 saturated heterocycles. The summed E-state index contributed by atoms with van der Waals surface area (Å²) in [5.74, 6) is 2.66. The molecule has 0 spiro atoms. The molecule has 2 heterocycles. The van der Waals surface area contributed by atoms with Crippen molar-refractivity contribution in [3.05, 3.63) is 24.3 Å². The molecule has 0 atom stereocenters. The lowest BCUT2D eigenvalue weighted by atomic mass is 10.5. The molecule has 0 fully saturated rings. The van der Waals surface area contributed by atoms with Crippen LogP contribution < -0.4 is 10.1 Å². The van der Waals surface area contributed by atoms with Crippen molar-refractivity contribution in [2.45, 2.75) is 33.7 Å². The van der Waals surface area contributed by atoms with Gasteiger partial charge in [0.25, 0.3) is 0 Å². The first-order valence-electron chi connectivity index (χ1n) is 6.51. The molecule has 0 aliphatic heterocycles. The Bertz CT molecular complexity index is 538. The van der Waals surface area contributed by atoms with Crippen LogP contribution in [-0.2, 0) is 6.54 Å². The second-order valence-electron chi connectivity index (χ2n) is 4.21. The van der Waals surface area contributed by atoms with E-state index in [0.29, 0.717) is 17.5 Å². The van der Waals surface area contributed by atoms with Gasteiger partial charge in [0.2, 0.25) is 5.88 Å². The first-order chi connectivity index (χ1) is 9.21. The lowest BCUT2D eigenvalue weighted by molar-refractivity contribution is 0.458. The average molecular weight is 261 g/mol. The molecule has 6 heteroatoms. The number of hydrogen-bond donors (Lipinski definition) is 1. The minimum Gasteiger partial charge on any atom is -0.436 e. The van der Waals surface area contributed by atoms with Gasteiger partial charge in [0.1, 0.15) is 11.6 Å². The molecule has 0 unspecified atom stereocenters. The molecule has 2 rings (SSSR count). The highest BCUT2D eigenvalue weighted by Crippen LogP contribution is 2.21. The minimum atomic E-state index is 0.527. The van der Waals surface area contributed by atoms with Crippen molar-refractivity contribution in [2.75, 3.05) is 11.9 Å². The Kier molecular flexibility index (Phi) is 4.33. The summed E-state index contributed by atoms with van der Waals surface area (Å²) in [4.78, 5) is 8.53. The lowest BCUT2D eigenvalue weighted by Gasteiger charge is -2.06. The smallest absolute Gasteiger partial charge is 0.224 e. The molecule has 0 aliphatic carbocycles. The van der Waals surface area contributed by atoms with Crippen LogP contribution in [0.15, 0.2) is 18.5 Å². The molecule has 0 amide bonds. The third kappa shape index (κ3) is 3.67. The number of nitrogens with zero attached hydrogens (tertiary/aromatic N) is 4. The molecule has 0 saturated carbocycles. The summed E-state index contributed by atoms with van der Waals surface area (Å²) in [6, 6.07) is 1.79. The van der Waals surface area contributed by atoms with Crippen LogP contribution in [0, 0.1) is 6.92 Å². The first-order valence-corrected chi connectivity index (χ1v) is 6.51. The van der Waals surface area contributed by atoms with Crippen LogP contribution in [0.25, 0.3) is 0 Å². The van der Waals surface area contributed by atoms with E-state index in [-0.39, 0.29) is 0 Å². The van der Waals surface area contributed by atoms with E-state index >= 15 is 0 Å². The second-order valence-corrected chi connectivity index (χ2v) is 4.21. The van der Waals surface area contributed by atoms with Gasteiger partial charge in [-0.2, -0.15) is 10.1 Å². The molecule has 2 aromatic heterocycles. The van der Waals surface area contributed by atoms with Crippen molar-refractivity contribution >= 4 is 5.82 Å². The van der Waals surface area contributed by atoms with Crippen molar-refractivity contribution in [1.82, 2.24) is 19.7 Å². The summed E-state index contributed by atoms with van der Waals surface area (Å²) in [6.07, 6.45) is 4.60. The van der Waals surface area contributed by atoms with E-state index in [1.165, 1.54) is 0 Å². The van der Waals surface area contributed by atoms with E-state index in [1.807, 2.05) is 24.7 Å². The van der Waals surface area contributed by atoms with Crippen molar-refractivity contribution in [2.24, 2.45) is 0 Å². The maximum absolute atomic E-state index is 5.70. The average Bonchev–Trinajstić information content (AvgIpc) is 2.76. The highest BCUT2D eigenvalue weighted by atomic mass is 16.5. The zero-order chi connectivity index (χ0) is 13.7. The summed E-state index contributed by atoms with van der Waals surface area (Å²) in [5, 5.41) is 7.36. The monoisotopic (exact) mass is 261 g/mol. The number of ether oxygens (including phenoxy) is 1. The minimum absolute atomic E-state index is 0.527. The Labute approximate surface area is 112 Å². The fourth-order valence-corrected chi connectivity index (χ4v) is 1.73. The fraction of sp³-hybridized carbons (Fsp3) is 0.462. The summed E-state index contributed by atoms with van der Waals surface area (Å²) in [5.41, 5.74) is 0. The van der Waals surface area contributed by atoms with E-state index < -0.39 is 0 Å². The molecule has 1 N–H and O–H groups in total. The summed E-state index contributed by atoms with van der Waals surface area (Å²) in [7, 11) is 0. The number of anilines is 1. The predicted octanol–water partition coefficient (Wildman–Crippen LogP) is 2.62. The lowest BCUT2D eigenvalue weighted by Crippen LogP contribution is -2.02. The summed E-state index contributed by atoms with van der Waals surface area (Å²) >= 11 is 0. The summed E-state index contributed by atoms with van der Waals surface area (Å²) in [6.45, 7) is 7.67. The third-order valence-corrected chi connectivity index (χ3v) is 2.46. The van der Waals surface area contributed by atoms with Crippen LogP contribution >= 0.6 is 0 Å². The van der Waals surface area contributed by atoms with E-state index in [0.717, 1.165) is 25.3 Å². The highest BCUT2D eigenvalue weighted by Gasteiger charge is 2.05. The van der Waals surface area contributed by atoms with Gasteiger partial charge in [-0.15, -0.1) is 0 Å². The molecule has 102 valence electrons. The van der Waals surface area contributed by atoms with Gasteiger partial charge in [-0.25, -0.2) is 4.98 Å². The Morgan fingerprint density at radius 3 is 2.89 bits per heavy atom. The third-order valence-electron chi connectivity index (χ3n) is 2.46. The highest BCUT2D eigenvalue weighted by molar-refractivity contribution is 5.39. The zero-order valence-electron chi connectivity index (χ0n) is 11.6. The van der Waals surface area contributed by atoms with Crippen LogP contribution in [0.3, 0.4) is 0 Å². The van der Waals surface area contributed by atoms with Crippen LogP contribution in [0.1, 0.15) is 26.1 Å². The van der Waals surface area contributed by atoms with Gasteiger partial charge in [-0.1, -0.05) is 6.92 Å². The van der Waals surface area contributed by atoms with E-state index in [2.05, 4.69) is 27.3 Å². The Morgan fingerprint density at radius 1 is 1.32 bits per heavy atom. The molecule has 0 bridgehead atoms. The van der Waals surface area contributed by atoms with E-state index in [9.17, 15) is 0 Å². The SMILES string of the molecule is CCCn1cc(Oc2cc(NCC)nc(C)n2)cn1. The van der Waals surface area contributed by atoms with Gasteiger partial charge >= 0.3 is 0 Å². The largest absolute Gasteiger partial charge is 0.436 e. The van der Waals surface area contributed by atoms with Crippen LogP contribution in [-0.4, -0.2) is 26.3 Å². The number of aromatic nitrogens is 4. The number of rotatable bonds is 6. The van der Waals surface area contributed by atoms with Crippen molar-refractivity contribution in [3.63, 3.8) is 0 Å². The predicted molar refractivity (Wildman–Crippen MR) is 73.5 cm³/mol. The van der Waals surface area contributed by atoms with Crippen LogP contribution in [0.2, 0.25) is 0 Å². The quantitative estimate of drug-likeness (QED) is 0.866. The molecule has 2 aromatic rings. The topological polar surface area (TPSA) is 64.9 Å². The van der Waals surface area contributed by atoms with E-state index in [4.69, 9.17) is 4.74 Å². The Morgan fingerprint density at radius 2 is 2.16 bits per heavy atom. The van der Waals surface area contributed by atoms with Crippen LogP contribution in [0.5, 0.6) is 11.6 Å². The maximum atomic E-state index is 5.70. The van der Waals surface area contributed by atoms with Crippen molar-refractivity contribution < 1.29 is 4.74 Å². The molecule has 0 radical (unpaired) electrons. The molecule has 6 nitrogen and oxygen atoms in total. The first kappa shape index (κ1) is 13.3. The van der Waals surface area contributed by atoms with Gasteiger partial charge in [0, 0.05) is 19.2 Å². The zero-order valence-corrected chi connectivity index (χ0v) is 11.6. The van der Waals surface area contributed by atoms with E-state index in [1.54, 1.807) is 12.3 Å². The van der Waals surface area contributed by atoms with Gasteiger partial charge in [0.05, 0.1) is 12.4 Å². The van der Waals surface area contributed by atoms with Gasteiger partial charge in [0.15, 0.2) is 5.75 Å². The van der Waals surface area contributed by atoms with Crippen molar-refractivity contribution in [1.29, 1.82) is 0 Å². The second kappa shape index (κ2) is 6.17. The molecule has 19 heavy (non-hydrogen) atoms. The van der Waals surface area contributed by atoms with Crippen LogP contribution in [0.4, 0.5) is 5.82 Å².